The van der Waals surface area contributed by atoms with Gasteiger partial charge in [0, 0.05) is 11.9 Å². The summed E-state index contributed by atoms with van der Waals surface area (Å²) in [4.78, 5) is 21.2. The van der Waals surface area contributed by atoms with Gasteiger partial charge < -0.3 is 15.1 Å². The van der Waals surface area contributed by atoms with Gasteiger partial charge in [0.15, 0.2) is 5.16 Å². The normalized spacial score (nSPS) is 11.1. The van der Waals surface area contributed by atoms with E-state index in [1.165, 1.54) is 11.8 Å². The van der Waals surface area contributed by atoms with E-state index < -0.39 is 0 Å². The third kappa shape index (κ3) is 5.72. The summed E-state index contributed by atoms with van der Waals surface area (Å²) in [5.41, 5.74) is 0.845. The number of fused-ring (bicyclic) bond motifs is 1. The lowest BCUT2D eigenvalue weighted by molar-refractivity contribution is -0.118. The summed E-state index contributed by atoms with van der Waals surface area (Å²) in [6.07, 6.45) is 2.62. The van der Waals surface area contributed by atoms with Gasteiger partial charge in [-0.25, -0.2) is 9.97 Å². The van der Waals surface area contributed by atoms with E-state index in [-0.39, 0.29) is 5.91 Å². The van der Waals surface area contributed by atoms with Crippen molar-refractivity contribution < 1.29 is 9.21 Å². The quantitative estimate of drug-likeness (QED) is 0.427. The minimum absolute atomic E-state index is 0.00232. The van der Waals surface area contributed by atoms with Crippen LogP contribution in [0.15, 0.2) is 52.2 Å². The van der Waals surface area contributed by atoms with Crippen molar-refractivity contribution in [3.8, 4) is 0 Å². The third-order valence-corrected chi connectivity index (χ3v) is 4.82. The van der Waals surface area contributed by atoms with Crippen molar-refractivity contribution in [3.05, 3.63) is 48.4 Å². The van der Waals surface area contributed by atoms with E-state index in [4.69, 9.17) is 4.42 Å². The smallest absolute Gasteiger partial charge is 0.230 e. The summed E-state index contributed by atoms with van der Waals surface area (Å²) < 4.78 is 5.37. The summed E-state index contributed by atoms with van der Waals surface area (Å²) >= 11 is 1.34. The number of furan rings is 1. The summed E-state index contributed by atoms with van der Waals surface area (Å²) in [6, 6.07) is 11.6. The van der Waals surface area contributed by atoms with Gasteiger partial charge in [-0.3, -0.25) is 4.79 Å². The third-order valence-electron chi connectivity index (χ3n) is 3.97. The van der Waals surface area contributed by atoms with E-state index in [9.17, 15) is 4.79 Å². The molecule has 0 spiro atoms. The number of nitrogens with zero attached hydrogens (tertiary/aromatic N) is 2. The first kappa shape index (κ1) is 19.2. The number of amides is 1. The topological polar surface area (TPSA) is 80.0 Å². The Bertz CT molecular complexity index is 881. The SMILES string of the molecule is CC(C)CCNC(=O)CSc1nc(NCc2ccco2)c2ccccc2n1. The van der Waals surface area contributed by atoms with Crippen molar-refractivity contribution in [1.29, 1.82) is 0 Å². The minimum atomic E-state index is 0.00232. The molecule has 142 valence electrons. The zero-order valence-corrected chi connectivity index (χ0v) is 16.4. The van der Waals surface area contributed by atoms with Gasteiger partial charge in [-0.15, -0.1) is 0 Å². The molecule has 6 nitrogen and oxygen atoms in total. The van der Waals surface area contributed by atoms with Crippen molar-refractivity contribution >= 4 is 34.4 Å². The molecule has 2 aromatic heterocycles. The standard InChI is InChI=1S/C20H24N4O2S/c1-14(2)9-10-21-18(25)13-27-20-23-17-8-4-3-7-16(17)19(24-20)22-12-15-6-5-11-26-15/h3-8,11,14H,9-10,12-13H2,1-2H3,(H,21,25)(H,22,23,24). The molecule has 0 saturated carbocycles. The highest BCUT2D eigenvalue weighted by Crippen LogP contribution is 2.24. The lowest BCUT2D eigenvalue weighted by Crippen LogP contribution is -2.27. The second-order valence-electron chi connectivity index (χ2n) is 6.63. The summed E-state index contributed by atoms with van der Waals surface area (Å²) in [5, 5.41) is 7.76. The molecule has 0 atom stereocenters. The van der Waals surface area contributed by atoms with Gasteiger partial charge in [0.05, 0.1) is 24.1 Å². The molecule has 0 aliphatic carbocycles. The maximum Gasteiger partial charge on any atom is 0.230 e. The number of hydrogen-bond acceptors (Lipinski definition) is 6. The highest BCUT2D eigenvalue weighted by Gasteiger charge is 2.10. The second kappa shape index (κ2) is 9.41. The Kier molecular flexibility index (Phi) is 6.70. The molecule has 0 aliphatic heterocycles. The highest BCUT2D eigenvalue weighted by atomic mass is 32.2. The lowest BCUT2D eigenvalue weighted by Gasteiger charge is -2.10. The number of hydrogen-bond donors (Lipinski definition) is 2. The van der Waals surface area contributed by atoms with Crippen molar-refractivity contribution in [1.82, 2.24) is 15.3 Å². The molecule has 3 aromatic rings. The fraction of sp³-hybridized carbons (Fsp3) is 0.350. The molecular weight excluding hydrogens is 360 g/mol. The van der Waals surface area contributed by atoms with E-state index >= 15 is 0 Å². The van der Waals surface area contributed by atoms with Crippen LogP contribution >= 0.6 is 11.8 Å². The van der Waals surface area contributed by atoms with E-state index in [2.05, 4.69) is 34.4 Å². The van der Waals surface area contributed by atoms with Crippen LogP contribution in [0.2, 0.25) is 0 Å². The Balaban J connectivity index is 1.67. The molecule has 3 rings (SSSR count). The van der Waals surface area contributed by atoms with Gasteiger partial charge in [-0.2, -0.15) is 0 Å². The Labute approximate surface area is 163 Å². The fourth-order valence-corrected chi connectivity index (χ4v) is 3.20. The summed E-state index contributed by atoms with van der Waals surface area (Å²) in [5.74, 6) is 2.44. The Morgan fingerprint density at radius 1 is 1.19 bits per heavy atom. The van der Waals surface area contributed by atoms with Gasteiger partial charge in [0.25, 0.3) is 0 Å². The van der Waals surface area contributed by atoms with Crippen LogP contribution in [0.5, 0.6) is 0 Å². The molecule has 0 radical (unpaired) electrons. The molecule has 0 unspecified atom stereocenters. The number of thioether (sulfide) groups is 1. The van der Waals surface area contributed by atoms with Crippen LogP contribution in [0.1, 0.15) is 26.0 Å². The maximum absolute atomic E-state index is 12.0. The van der Waals surface area contributed by atoms with Gasteiger partial charge >= 0.3 is 0 Å². The predicted molar refractivity (Wildman–Crippen MR) is 109 cm³/mol. The number of para-hydroxylation sites is 1. The zero-order chi connectivity index (χ0) is 19.1. The average Bonchev–Trinajstić information content (AvgIpc) is 3.17. The van der Waals surface area contributed by atoms with Gasteiger partial charge in [-0.1, -0.05) is 37.7 Å². The monoisotopic (exact) mass is 384 g/mol. The number of nitrogens with one attached hydrogen (secondary N) is 2. The number of benzene rings is 1. The molecule has 0 bridgehead atoms. The number of anilines is 1. The Morgan fingerprint density at radius 3 is 2.81 bits per heavy atom. The number of carbonyl (C=O) groups excluding carboxylic acids is 1. The molecule has 0 aliphatic rings. The molecule has 0 fully saturated rings. The van der Waals surface area contributed by atoms with E-state index in [0.29, 0.717) is 29.9 Å². The largest absolute Gasteiger partial charge is 0.467 e. The molecule has 2 heterocycles. The molecule has 1 amide bonds. The van der Waals surface area contributed by atoms with Crippen LogP contribution in [0, 0.1) is 5.92 Å². The molecule has 7 heteroatoms. The number of aromatic nitrogens is 2. The van der Waals surface area contributed by atoms with Crippen molar-refractivity contribution in [3.63, 3.8) is 0 Å². The second-order valence-corrected chi connectivity index (χ2v) is 7.57. The number of carbonyl (C=O) groups is 1. The van der Waals surface area contributed by atoms with E-state index in [1.54, 1.807) is 6.26 Å². The summed E-state index contributed by atoms with van der Waals surface area (Å²) in [6.45, 7) is 5.52. The van der Waals surface area contributed by atoms with Crippen LogP contribution in [-0.2, 0) is 11.3 Å². The van der Waals surface area contributed by atoms with E-state index in [0.717, 1.165) is 28.9 Å². The molecule has 0 saturated heterocycles. The van der Waals surface area contributed by atoms with Gasteiger partial charge in [-0.05, 0) is 36.6 Å². The van der Waals surface area contributed by atoms with Gasteiger partial charge in [0.2, 0.25) is 5.91 Å². The van der Waals surface area contributed by atoms with Crippen molar-refractivity contribution in [2.45, 2.75) is 32.0 Å². The first-order valence-electron chi connectivity index (χ1n) is 9.04. The fourth-order valence-electron chi connectivity index (χ4n) is 2.52. The number of rotatable bonds is 9. The van der Waals surface area contributed by atoms with E-state index in [1.807, 2.05) is 36.4 Å². The molecular formula is C20H24N4O2S. The van der Waals surface area contributed by atoms with Crippen LogP contribution in [0.25, 0.3) is 10.9 Å². The molecule has 1 aromatic carbocycles. The molecule has 27 heavy (non-hydrogen) atoms. The van der Waals surface area contributed by atoms with Crippen LogP contribution in [-0.4, -0.2) is 28.2 Å². The molecule has 2 N–H and O–H groups in total. The highest BCUT2D eigenvalue weighted by molar-refractivity contribution is 7.99. The Hall–Kier alpha value is -2.54. The maximum atomic E-state index is 12.0. The van der Waals surface area contributed by atoms with Gasteiger partial charge in [0.1, 0.15) is 11.6 Å². The summed E-state index contributed by atoms with van der Waals surface area (Å²) in [7, 11) is 0. The van der Waals surface area contributed by atoms with Crippen LogP contribution in [0.3, 0.4) is 0 Å². The lowest BCUT2D eigenvalue weighted by atomic mass is 10.1. The van der Waals surface area contributed by atoms with Crippen LogP contribution < -0.4 is 10.6 Å². The average molecular weight is 385 g/mol. The predicted octanol–water partition coefficient (Wildman–Crippen LogP) is 4.09. The first-order valence-corrected chi connectivity index (χ1v) is 10.0. The van der Waals surface area contributed by atoms with Crippen LogP contribution in [0.4, 0.5) is 5.82 Å². The first-order chi connectivity index (χ1) is 13.1. The Morgan fingerprint density at radius 2 is 2.04 bits per heavy atom. The van der Waals surface area contributed by atoms with Crippen molar-refractivity contribution in [2.75, 3.05) is 17.6 Å². The zero-order valence-electron chi connectivity index (χ0n) is 15.6. The minimum Gasteiger partial charge on any atom is -0.467 e. The van der Waals surface area contributed by atoms with Crippen molar-refractivity contribution in [2.24, 2.45) is 5.92 Å².